The molecule has 1 aliphatic heterocycles. The van der Waals surface area contributed by atoms with E-state index in [0.717, 1.165) is 5.56 Å². The summed E-state index contributed by atoms with van der Waals surface area (Å²) in [4.78, 5) is 31.1. The predicted octanol–water partition coefficient (Wildman–Crippen LogP) is 3.52. The van der Waals surface area contributed by atoms with Crippen LogP contribution in [0.2, 0.25) is 5.02 Å². The van der Waals surface area contributed by atoms with E-state index in [1.165, 1.54) is 11.3 Å². The highest BCUT2D eigenvalue weighted by atomic mass is 35.5. The fourth-order valence-corrected chi connectivity index (χ4v) is 3.91. The topological polar surface area (TPSA) is 66.7 Å². The van der Waals surface area contributed by atoms with Crippen LogP contribution in [0.4, 0.5) is 10.5 Å². The number of hydrogen-bond acceptors (Lipinski definition) is 3. The van der Waals surface area contributed by atoms with Crippen LogP contribution in [0, 0.1) is 0 Å². The Kier molecular flexibility index (Phi) is 5.27. The lowest BCUT2D eigenvalue weighted by Gasteiger charge is -2.14. The molecule has 3 amide bonds. The maximum atomic E-state index is 12.7. The molecule has 3 aromatic rings. The van der Waals surface area contributed by atoms with Gasteiger partial charge in [0.15, 0.2) is 4.80 Å². The van der Waals surface area contributed by atoms with Crippen molar-refractivity contribution in [1.29, 1.82) is 0 Å². The average Bonchev–Trinajstić information content (AvgIpc) is 3.32. The average molecular weight is 413 g/mol. The number of nitrogens with one attached hydrogen (secondary N) is 1. The number of thiazole rings is 1. The van der Waals surface area contributed by atoms with Gasteiger partial charge in [0.05, 0.1) is 6.54 Å². The first-order valence-electron chi connectivity index (χ1n) is 8.73. The molecule has 2 aromatic carbocycles. The number of carbonyl (C=O) groups excluding carboxylic acids is 2. The summed E-state index contributed by atoms with van der Waals surface area (Å²) in [5, 5.41) is 5.31. The van der Waals surface area contributed by atoms with Gasteiger partial charge in [0.1, 0.15) is 0 Å². The number of hydrogen-bond donors (Lipinski definition) is 1. The number of urea groups is 1. The molecule has 1 fully saturated rings. The molecule has 1 N–H and O–H groups in total. The molecule has 1 aromatic heterocycles. The van der Waals surface area contributed by atoms with Crippen molar-refractivity contribution in [3.63, 3.8) is 0 Å². The molecule has 2 heterocycles. The lowest BCUT2D eigenvalue weighted by atomic mass is 10.2. The second-order valence-corrected chi connectivity index (χ2v) is 7.54. The van der Waals surface area contributed by atoms with Crippen LogP contribution in [-0.4, -0.2) is 29.6 Å². The van der Waals surface area contributed by atoms with E-state index in [1.807, 2.05) is 46.5 Å². The minimum atomic E-state index is -0.350. The molecule has 0 bridgehead atoms. The van der Waals surface area contributed by atoms with Crippen molar-refractivity contribution < 1.29 is 9.59 Å². The van der Waals surface area contributed by atoms with Gasteiger partial charge in [-0.3, -0.25) is 9.69 Å². The Hall–Kier alpha value is -2.90. The third-order valence-electron chi connectivity index (χ3n) is 4.42. The number of halogens is 1. The maximum absolute atomic E-state index is 12.7. The Morgan fingerprint density at radius 2 is 2.07 bits per heavy atom. The van der Waals surface area contributed by atoms with Crippen LogP contribution in [-0.2, 0) is 6.54 Å². The SMILES string of the molecule is O=C(N=c1sccn1Cc1ccccc1Cl)c1cccc(N2CCNC2=O)c1. The van der Waals surface area contributed by atoms with Gasteiger partial charge < -0.3 is 9.88 Å². The molecular weight excluding hydrogens is 396 g/mol. The van der Waals surface area contributed by atoms with Crippen LogP contribution in [0.5, 0.6) is 0 Å². The Balaban J connectivity index is 1.60. The van der Waals surface area contributed by atoms with Crippen LogP contribution in [0.25, 0.3) is 0 Å². The van der Waals surface area contributed by atoms with Gasteiger partial charge in [-0.1, -0.05) is 35.9 Å². The molecule has 0 radical (unpaired) electrons. The van der Waals surface area contributed by atoms with Crippen LogP contribution in [0.1, 0.15) is 15.9 Å². The quantitative estimate of drug-likeness (QED) is 0.712. The molecule has 4 rings (SSSR count). The summed E-state index contributed by atoms with van der Waals surface area (Å²) >= 11 is 7.63. The zero-order valence-electron chi connectivity index (χ0n) is 14.8. The Morgan fingerprint density at radius 3 is 2.86 bits per heavy atom. The second-order valence-electron chi connectivity index (χ2n) is 6.26. The van der Waals surface area contributed by atoms with E-state index in [0.29, 0.717) is 40.7 Å². The van der Waals surface area contributed by atoms with Crippen molar-refractivity contribution in [2.75, 3.05) is 18.0 Å². The molecule has 0 aliphatic carbocycles. The molecule has 0 atom stereocenters. The van der Waals surface area contributed by atoms with E-state index in [9.17, 15) is 9.59 Å². The summed E-state index contributed by atoms with van der Waals surface area (Å²) in [7, 11) is 0. The highest BCUT2D eigenvalue weighted by molar-refractivity contribution is 7.07. The zero-order chi connectivity index (χ0) is 19.5. The minimum Gasteiger partial charge on any atom is -0.336 e. The van der Waals surface area contributed by atoms with E-state index >= 15 is 0 Å². The highest BCUT2D eigenvalue weighted by Crippen LogP contribution is 2.19. The standard InChI is InChI=1S/C20H17ClN4O2S/c21-17-7-2-1-4-15(17)13-24-10-11-28-20(24)23-18(26)14-5-3-6-16(12-14)25-9-8-22-19(25)27/h1-7,10-12H,8-9,13H2,(H,22,27). The Labute approximate surface area is 170 Å². The van der Waals surface area contributed by atoms with E-state index in [-0.39, 0.29) is 11.9 Å². The maximum Gasteiger partial charge on any atom is 0.321 e. The number of amides is 3. The molecule has 142 valence electrons. The van der Waals surface area contributed by atoms with Gasteiger partial charge in [-0.15, -0.1) is 11.3 Å². The van der Waals surface area contributed by atoms with Gasteiger partial charge in [0, 0.05) is 40.9 Å². The van der Waals surface area contributed by atoms with Crippen molar-refractivity contribution in [3.8, 4) is 0 Å². The van der Waals surface area contributed by atoms with E-state index in [1.54, 1.807) is 23.1 Å². The van der Waals surface area contributed by atoms with E-state index in [2.05, 4.69) is 10.3 Å². The summed E-state index contributed by atoms with van der Waals surface area (Å²) < 4.78 is 1.89. The van der Waals surface area contributed by atoms with Crippen molar-refractivity contribution in [1.82, 2.24) is 9.88 Å². The number of aromatic nitrogens is 1. The number of benzene rings is 2. The fourth-order valence-electron chi connectivity index (χ4n) is 2.99. The van der Waals surface area contributed by atoms with Gasteiger partial charge in [0.2, 0.25) is 0 Å². The molecule has 0 unspecified atom stereocenters. The Bertz CT molecular complexity index is 1110. The Morgan fingerprint density at radius 1 is 1.21 bits per heavy atom. The van der Waals surface area contributed by atoms with Crippen LogP contribution >= 0.6 is 22.9 Å². The largest absolute Gasteiger partial charge is 0.336 e. The van der Waals surface area contributed by atoms with E-state index < -0.39 is 0 Å². The summed E-state index contributed by atoms with van der Waals surface area (Å²) in [5.41, 5.74) is 2.08. The molecule has 1 saturated heterocycles. The number of rotatable bonds is 4. The van der Waals surface area contributed by atoms with Crippen LogP contribution in [0.15, 0.2) is 65.1 Å². The number of carbonyl (C=O) groups is 2. The van der Waals surface area contributed by atoms with Crippen molar-refractivity contribution >= 4 is 40.6 Å². The summed E-state index contributed by atoms with van der Waals surface area (Å²) in [5.74, 6) is -0.350. The normalized spacial score (nSPS) is 14.4. The third kappa shape index (κ3) is 3.85. The van der Waals surface area contributed by atoms with Gasteiger partial charge in [-0.05, 0) is 29.8 Å². The number of anilines is 1. The number of nitrogens with zero attached hydrogens (tertiary/aromatic N) is 3. The van der Waals surface area contributed by atoms with E-state index in [4.69, 9.17) is 11.6 Å². The third-order valence-corrected chi connectivity index (χ3v) is 5.58. The smallest absolute Gasteiger partial charge is 0.321 e. The fraction of sp³-hybridized carbons (Fsp3) is 0.150. The molecule has 0 spiro atoms. The molecule has 8 heteroatoms. The molecule has 1 aliphatic rings. The van der Waals surface area contributed by atoms with Crippen molar-refractivity contribution in [2.45, 2.75) is 6.54 Å². The first-order valence-corrected chi connectivity index (χ1v) is 9.99. The summed E-state index contributed by atoms with van der Waals surface area (Å²) in [6.07, 6.45) is 1.88. The van der Waals surface area contributed by atoms with Crippen molar-refractivity contribution in [3.05, 3.63) is 81.1 Å². The zero-order valence-corrected chi connectivity index (χ0v) is 16.4. The van der Waals surface area contributed by atoms with Gasteiger partial charge >= 0.3 is 6.03 Å². The first kappa shape index (κ1) is 18.5. The van der Waals surface area contributed by atoms with Gasteiger partial charge in [0.25, 0.3) is 5.91 Å². The lowest BCUT2D eigenvalue weighted by molar-refractivity contribution is 0.0997. The van der Waals surface area contributed by atoms with Crippen molar-refractivity contribution in [2.24, 2.45) is 4.99 Å². The molecule has 28 heavy (non-hydrogen) atoms. The monoisotopic (exact) mass is 412 g/mol. The summed E-state index contributed by atoms with van der Waals surface area (Å²) in [6, 6.07) is 14.4. The second kappa shape index (κ2) is 8.00. The van der Waals surface area contributed by atoms with Crippen LogP contribution in [0.3, 0.4) is 0 Å². The van der Waals surface area contributed by atoms with Gasteiger partial charge in [-0.2, -0.15) is 4.99 Å². The first-order chi connectivity index (χ1) is 13.6. The van der Waals surface area contributed by atoms with Gasteiger partial charge in [-0.25, -0.2) is 4.79 Å². The van der Waals surface area contributed by atoms with Crippen LogP contribution < -0.4 is 15.0 Å². The predicted molar refractivity (Wildman–Crippen MR) is 110 cm³/mol. The summed E-state index contributed by atoms with van der Waals surface area (Å²) in [6.45, 7) is 1.71. The lowest BCUT2D eigenvalue weighted by Crippen LogP contribution is -2.27. The molecule has 6 nitrogen and oxygen atoms in total. The molecule has 0 saturated carbocycles. The molecular formula is C20H17ClN4O2S. The minimum absolute atomic E-state index is 0.155. The highest BCUT2D eigenvalue weighted by Gasteiger charge is 2.21.